The maximum absolute atomic E-state index is 5.79. The first-order valence-electron chi connectivity index (χ1n) is 8.02. The molecule has 0 fully saturated rings. The van der Waals surface area contributed by atoms with Gasteiger partial charge in [-0.2, -0.15) is 6.08 Å². The molecule has 0 aromatic carbocycles. The molecule has 0 saturated heterocycles. The van der Waals surface area contributed by atoms with Crippen LogP contribution in [0.3, 0.4) is 0 Å². The van der Waals surface area contributed by atoms with Crippen molar-refractivity contribution in [3.05, 3.63) is 46.1 Å². The third kappa shape index (κ3) is 11.0. The minimum Gasteiger partial charge on any atom is -0.398 e. The van der Waals surface area contributed by atoms with E-state index in [9.17, 15) is 0 Å². The van der Waals surface area contributed by atoms with E-state index in [0.29, 0.717) is 5.54 Å². The second kappa shape index (κ2) is 18.1. The van der Waals surface area contributed by atoms with Crippen LogP contribution in [-0.4, -0.2) is 22.8 Å². The maximum Gasteiger partial charge on any atom is 4.00 e. The van der Waals surface area contributed by atoms with E-state index in [1.807, 2.05) is 14.2 Å². The van der Waals surface area contributed by atoms with Gasteiger partial charge in [0.2, 0.25) is 0 Å². The molecule has 1 unspecified atom stereocenters. The Balaban J connectivity index is -0.000000500. The zero-order valence-electron chi connectivity index (χ0n) is 17.0. The molecule has 0 aromatic rings. The molecule has 0 spiro atoms. The van der Waals surface area contributed by atoms with E-state index in [0.717, 1.165) is 12.8 Å². The van der Waals surface area contributed by atoms with E-state index in [4.69, 9.17) is 8.85 Å². The van der Waals surface area contributed by atoms with Gasteiger partial charge in [0.05, 0.1) is 0 Å². The van der Waals surface area contributed by atoms with Crippen molar-refractivity contribution in [1.29, 1.82) is 0 Å². The van der Waals surface area contributed by atoms with Gasteiger partial charge in [-0.15, -0.1) is 6.42 Å². The van der Waals surface area contributed by atoms with Gasteiger partial charge in [0, 0.05) is 19.8 Å². The van der Waals surface area contributed by atoms with Crippen LogP contribution < -0.4 is 0 Å². The number of hydrogen-bond acceptors (Lipinski definition) is 2. The van der Waals surface area contributed by atoms with Crippen molar-refractivity contribution in [3.63, 3.8) is 0 Å². The van der Waals surface area contributed by atoms with E-state index >= 15 is 0 Å². The Morgan fingerprint density at radius 1 is 1.08 bits per heavy atom. The Labute approximate surface area is 169 Å². The van der Waals surface area contributed by atoms with Gasteiger partial charge in [-0.3, -0.25) is 6.08 Å². The van der Waals surface area contributed by atoms with Crippen molar-refractivity contribution in [2.75, 3.05) is 14.2 Å². The van der Waals surface area contributed by atoms with Gasteiger partial charge in [-0.05, 0) is 13.0 Å². The van der Waals surface area contributed by atoms with E-state index < -0.39 is 8.56 Å². The first kappa shape index (κ1) is 32.0. The van der Waals surface area contributed by atoms with E-state index in [1.54, 1.807) is 0 Å². The van der Waals surface area contributed by atoms with Crippen LogP contribution in [0.4, 0.5) is 0 Å². The Morgan fingerprint density at radius 3 is 2.12 bits per heavy atom. The zero-order chi connectivity index (χ0) is 14.8. The molecule has 0 N–H and O–H groups in total. The molecular formula is C20H40O2PtSi. The fourth-order valence-electron chi connectivity index (χ4n) is 2.82. The van der Waals surface area contributed by atoms with Crippen LogP contribution in [0.1, 0.15) is 58.3 Å². The van der Waals surface area contributed by atoms with E-state index in [2.05, 4.69) is 31.7 Å². The molecule has 146 valence electrons. The summed E-state index contributed by atoms with van der Waals surface area (Å²) in [6.07, 6.45) is 17.7. The monoisotopic (exact) mass is 535 g/mol. The van der Waals surface area contributed by atoms with E-state index in [1.165, 1.54) is 44.1 Å². The van der Waals surface area contributed by atoms with Crippen LogP contribution in [-0.2, 0) is 29.9 Å². The van der Waals surface area contributed by atoms with Gasteiger partial charge < -0.3 is 31.1 Å². The summed E-state index contributed by atoms with van der Waals surface area (Å²) < 4.78 is 11.6. The van der Waals surface area contributed by atoms with Crippen molar-refractivity contribution < 1.29 is 29.9 Å². The predicted molar refractivity (Wildman–Crippen MR) is 107 cm³/mol. The summed E-state index contributed by atoms with van der Waals surface area (Å²) in [5.41, 5.74) is 1.88. The summed E-state index contributed by atoms with van der Waals surface area (Å²) >= 11 is 0. The predicted octanol–water partition coefficient (Wildman–Crippen LogP) is 6.51. The largest absolute Gasteiger partial charge is 4.00 e. The van der Waals surface area contributed by atoms with Crippen LogP contribution in [0, 0.1) is 28.4 Å². The molecule has 1 aliphatic rings. The summed E-state index contributed by atoms with van der Waals surface area (Å²) in [6.45, 7) is 4.46. The molecule has 0 aromatic heterocycles. The van der Waals surface area contributed by atoms with Gasteiger partial charge in [-0.25, -0.2) is 11.6 Å². The fraction of sp³-hybridized carbons (Fsp3) is 0.650. The Bertz CT molecular complexity index is 326. The van der Waals surface area contributed by atoms with Gasteiger partial charge in [0.15, 0.2) is 0 Å². The molecule has 1 aliphatic carbocycles. The van der Waals surface area contributed by atoms with Crippen LogP contribution in [0.5, 0.6) is 0 Å². The van der Waals surface area contributed by atoms with Crippen molar-refractivity contribution >= 4 is 8.56 Å². The minimum absolute atomic E-state index is 0. The molecular weight excluding hydrogens is 495 g/mol. The summed E-state index contributed by atoms with van der Waals surface area (Å²) in [6, 6.07) is 0. The number of allylic oxidation sites excluding steroid dienone is 4. The average Bonchev–Trinajstić information content (AvgIpc) is 2.98. The van der Waals surface area contributed by atoms with Crippen LogP contribution in [0.2, 0.25) is 12.1 Å². The second-order valence-corrected chi connectivity index (χ2v) is 9.50. The van der Waals surface area contributed by atoms with E-state index in [-0.39, 0.29) is 43.3 Å². The van der Waals surface area contributed by atoms with Gasteiger partial charge >= 0.3 is 29.6 Å². The number of rotatable bonds is 11. The molecule has 0 amide bonds. The topological polar surface area (TPSA) is 18.5 Å². The Morgan fingerprint density at radius 2 is 1.67 bits per heavy atom. The van der Waals surface area contributed by atoms with Gasteiger partial charge in [0.1, 0.15) is 0 Å². The summed E-state index contributed by atoms with van der Waals surface area (Å²) in [7, 11) is 1.56. The molecule has 1 rings (SSSR count). The normalized spacial score (nSPS) is 13.8. The molecule has 0 heterocycles. The van der Waals surface area contributed by atoms with Crippen LogP contribution in [0.25, 0.3) is 0 Å². The molecule has 0 aliphatic heterocycles. The summed E-state index contributed by atoms with van der Waals surface area (Å²) in [5.74, 6) is 0. The molecule has 24 heavy (non-hydrogen) atoms. The molecule has 1 atom stereocenters. The van der Waals surface area contributed by atoms with Crippen molar-refractivity contribution in [2.45, 2.75) is 70.4 Å². The van der Waals surface area contributed by atoms with Crippen LogP contribution >= 0.6 is 0 Å². The quantitative estimate of drug-likeness (QED) is 0.171. The molecule has 4 heteroatoms. The minimum atomic E-state index is -2.06. The Kier molecular flexibility index (Phi) is 24.2. The van der Waals surface area contributed by atoms with Gasteiger partial charge in [0.25, 0.3) is 0 Å². The van der Waals surface area contributed by atoms with Gasteiger partial charge in [-0.1, -0.05) is 45.4 Å². The Hall–Kier alpha value is 0.305. The number of hydrogen-bond donors (Lipinski definition) is 0. The smallest absolute Gasteiger partial charge is 0.398 e. The standard InChI is InChI=1S/C17H31O2Si.3CH3.Pt/c1-5-6-7-8-9-14-17(20(4,18-2)19-3)15-16-12-10-11-13-16;;;;/h10,12,17H,5-9,11,14-15H2,1-4H3;3*1H3;/q4*-1;+4. The van der Waals surface area contributed by atoms with Crippen molar-refractivity contribution in [2.24, 2.45) is 0 Å². The number of unbranched alkanes of at least 4 members (excludes halogenated alkanes) is 4. The molecule has 0 saturated carbocycles. The third-order valence-electron chi connectivity index (χ3n) is 4.44. The van der Waals surface area contributed by atoms with Crippen molar-refractivity contribution in [1.82, 2.24) is 0 Å². The fourth-order valence-corrected chi connectivity index (χ4v) is 4.97. The second-order valence-electron chi connectivity index (χ2n) is 5.84. The average molecular weight is 536 g/mol. The summed E-state index contributed by atoms with van der Waals surface area (Å²) in [5, 5.41) is 0. The first-order chi connectivity index (χ1) is 9.66. The molecule has 0 bridgehead atoms. The SMILES string of the molecule is CCCCCCCC(CC1=[C-]CC=C1)[Si](C)(OC)OC.[CH3-].[CH3-].[CH3-].[Pt+4]. The van der Waals surface area contributed by atoms with Crippen molar-refractivity contribution in [3.8, 4) is 0 Å². The third-order valence-corrected chi connectivity index (χ3v) is 8.04. The summed E-state index contributed by atoms with van der Waals surface area (Å²) in [4.78, 5) is 0. The molecule has 0 radical (unpaired) electrons. The zero-order valence-corrected chi connectivity index (χ0v) is 20.3. The molecule has 2 nitrogen and oxygen atoms in total. The maximum atomic E-state index is 5.79. The first-order valence-corrected chi connectivity index (χ1v) is 10.4. The van der Waals surface area contributed by atoms with Crippen LogP contribution in [0.15, 0.2) is 17.7 Å².